The van der Waals surface area contributed by atoms with Crippen LogP contribution in [0.25, 0.3) is 0 Å². The lowest BCUT2D eigenvalue weighted by Gasteiger charge is -2.20. The predicted octanol–water partition coefficient (Wildman–Crippen LogP) is 2.00. The highest BCUT2D eigenvalue weighted by Crippen LogP contribution is 2.37. The van der Waals surface area contributed by atoms with Gasteiger partial charge < -0.3 is 0 Å². The van der Waals surface area contributed by atoms with E-state index in [1.54, 1.807) is 0 Å². The van der Waals surface area contributed by atoms with E-state index in [9.17, 15) is 33.2 Å². The lowest BCUT2D eigenvalue weighted by atomic mass is 9.91. The molecule has 1 N–H and O–H groups in total. The maximum Gasteiger partial charge on any atom is 0.511 e. The van der Waals surface area contributed by atoms with E-state index in [2.05, 4.69) is 0 Å². The van der Waals surface area contributed by atoms with E-state index in [4.69, 9.17) is 0 Å². The third-order valence-electron chi connectivity index (χ3n) is 3.49. The summed E-state index contributed by atoms with van der Waals surface area (Å²) in [6.45, 7) is 1.49. The predicted molar refractivity (Wildman–Crippen MR) is 82.2 cm³/mol. The van der Waals surface area contributed by atoms with E-state index in [0.29, 0.717) is 5.56 Å². The van der Waals surface area contributed by atoms with E-state index < -0.39 is 36.1 Å². The molecule has 0 unspecified atom stereocenters. The molecule has 0 amide bonds. The maximum atomic E-state index is 11.7. The van der Waals surface area contributed by atoms with Crippen LogP contribution in [0.3, 0.4) is 0 Å². The van der Waals surface area contributed by atoms with Crippen molar-refractivity contribution in [2.75, 3.05) is 0 Å². The minimum absolute atomic E-state index is 0.337. The number of rotatable bonds is 5. The zero-order valence-corrected chi connectivity index (χ0v) is 13.1. The number of hydrogen-bond donors (Lipinski definition) is 1. The summed E-state index contributed by atoms with van der Waals surface area (Å²) < 4.78 is 32.6. The highest BCUT2D eigenvalue weighted by molar-refractivity contribution is 7.85. The second-order valence-corrected chi connectivity index (χ2v) is 6.42. The van der Waals surface area contributed by atoms with Crippen LogP contribution in [0.4, 0.5) is 0 Å². The molecule has 2 rings (SSSR count). The molecule has 0 aliphatic heterocycles. The molecule has 0 spiro atoms. The number of hydrogen-bond acceptors (Lipinski definition) is 6. The van der Waals surface area contributed by atoms with Gasteiger partial charge >= 0.3 is 5.66 Å². The zero-order chi connectivity index (χ0) is 18.1. The third kappa shape index (κ3) is 2.72. The van der Waals surface area contributed by atoms with Gasteiger partial charge in [-0.2, -0.15) is 8.42 Å². The Balaban J connectivity index is 3.02. The second-order valence-electron chi connectivity index (χ2n) is 5.03. The van der Waals surface area contributed by atoms with Crippen LogP contribution in [-0.2, 0) is 15.8 Å². The normalized spacial score (nSPS) is 11.9. The summed E-state index contributed by atoms with van der Waals surface area (Å²) >= 11 is 0. The van der Waals surface area contributed by atoms with Crippen molar-refractivity contribution < 1.29 is 22.8 Å². The smallest absolute Gasteiger partial charge is 0.282 e. The standard InChI is InChI=1S/C14H12N2O7S/c1-10-7-8-13(24(21,22)23)12(9-10)14(15(17)18,16(19)20)11-5-3-2-4-6-11/h2-9H,1H3,(H,21,22,23). The molecule has 0 atom stereocenters. The average molecular weight is 352 g/mol. The molecule has 126 valence electrons. The van der Waals surface area contributed by atoms with Gasteiger partial charge in [-0.15, -0.1) is 0 Å². The van der Waals surface area contributed by atoms with Crippen LogP contribution in [0.2, 0.25) is 0 Å². The first-order valence-corrected chi connectivity index (χ1v) is 7.99. The Bertz CT molecular complexity index is 896. The number of benzene rings is 2. The molecule has 10 heteroatoms. The van der Waals surface area contributed by atoms with Gasteiger partial charge in [0.2, 0.25) is 0 Å². The monoisotopic (exact) mass is 352 g/mol. The Hall–Kier alpha value is -2.85. The van der Waals surface area contributed by atoms with Crippen molar-refractivity contribution in [3.8, 4) is 0 Å². The molecule has 0 aliphatic rings. The summed E-state index contributed by atoms with van der Waals surface area (Å²) in [5.74, 6) is 0. The van der Waals surface area contributed by atoms with Crippen LogP contribution in [-0.4, -0.2) is 22.8 Å². The fraction of sp³-hybridized carbons (Fsp3) is 0.143. The Labute approximate surface area is 136 Å². The largest absolute Gasteiger partial charge is 0.511 e. The lowest BCUT2D eigenvalue weighted by molar-refractivity contribution is -0.796. The van der Waals surface area contributed by atoms with Crippen LogP contribution >= 0.6 is 0 Å². The van der Waals surface area contributed by atoms with Crippen LogP contribution < -0.4 is 0 Å². The van der Waals surface area contributed by atoms with Crippen molar-refractivity contribution in [2.45, 2.75) is 17.5 Å². The molecule has 2 aromatic carbocycles. The first-order valence-electron chi connectivity index (χ1n) is 6.55. The molecule has 0 aliphatic carbocycles. The molecule has 0 bridgehead atoms. The van der Waals surface area contributed by atoms with Crippen molar-refractivity contribution in [3.63, 3.8) is 0 Å². The summed E-state index contributed by atoms with van der Waals surface area (Å²) in [5.41, 5.74) is -3.78. The molecule has 9 nitrogen and oxygen atoms in total. The fourth-order valence-corrected chi connectivity index (χ4v) is 3.16. The van der Waals surface area contributed by atoms with Crippen molar-refractivity contribution in [2.24, 2.45) is 0 Å². The van der Waals surface area contributed by atoms with Crippen LogP contribution in [0.15, 0.2) is 53.4 Å². The molecule has 0 radical (unpaired) electrons. The first kappa shape index (κ1) is 17.5. The van der Waals surface area contributed by atoms with Gasteiger partial charge in [-0.3, -0.25) is 24.8 Å². The maximum absolute atomic E-state index is 11.7. The van der Waals surface area contributed by atoms with E-state index in [-0.39, 0.29) is 5.56 Å². The lowest BCUT2D eigenvalue weighted by Crippen LogP contribution is -2.45. The second kappa shape index (κ2) is 5.98. The highest BCUT2D eigenvalue weighted by atomic mass is 32.2. The van der Waals surface area contributed by atoms with Crippen LogP contribution in [0.1, 0.15) is 16.7 Å². The van der Waals surface area contributed by atoms with Crippen LogP contribution in [0.5, 0.6) is 0 Å². The molecule has 0 heterocycles. The van der Waals surface area contributed by atoms with Crippen molar-refractivity contribution in [3.05, 3.63) is 85.4 Å². The molecular formula is C14H12N2O7S. The SMILES string of the molecule is Cc1ccc(S(=O)(=O)O)c(C(c2ccccc2)([N+](=O)[O-])[N+](=O)[O-])c1. The fourth-order valence-electron chi connectivity index (χ4n) is 2.44. The number of nitro groups is 2. The Morgan fingerprint density at radius 3 is 2.00 bits per heavy atom. The summed E-state index contributed by atoms with van der Waals surface area (Å²) in [6, 6.07) is 9.74. The van der Waals surface area contributed by atoms with E-state index >= 15 is 0 Å². The molecule has 0 aromatic heterocycles. The van der Waals surface area contributed by atoms with E-state index in [1.807, 2.05) is 0 Å². The molecule has 0 saturated carbocycles. The summed E-state index contributed by atoms with van der Waals surface area (Å²) in [4.78, 5) is 20.2. The van der Waals surface area contributed by atoms with Crippen molar-refractivity contribution in [1.29, 1.82) is 0 Å². The zero-order valence-electron chi connectivity index (χ0n) is 12.3. The van der Waals surface area contributed by atoms with Gasteiger partial charge in [-0.1, -0.05) is 29.8 Å². The van der Waals surface area contributed by atoms with Gasteiger partial charge in [0.25, 0.3) is 10.1 Å². The topological polar surface area (TPSA) is 141 Å². The molecule has 24 heavy (non-hydrogen) atoms. The minimum atomic E-state index is -4.92. The first-order chi connectivity index (χ1) is 11.1. The van der Waals surface area contributed by atoms with Gasteiger partial charge in [-0.25, -0.2) is 0 Å². The molecular weight excluding hydrogens is 340 g/mol. The summed E-state index contributed by atoms with van der Waals surface area (Å²) in [6.07, 6.45) is 0. The van der Waals surface area contributed by atoms with E-state index in [1.165, 1.54) is 31.2 Å². The van der Waals surface area contributed by atoms with Crippen molar-refractivity contribution >= 4 is 10.1 Å². The van der Waals surface area contributed by atoms with Gasteiger partial charge in [0.15, 0.2) is 0 Å². The Morgan fingerprint density at radius 1 is 1.00 bits per heavy atom. The van der Waals surface area contributed by atoms with Crippen LogP contribution in [0, 0.1) is 27.2 Å². The Kier molecular flexibility index (Phi) is 4.36. The minimum Gasteiger partial charge on any atom is -0.282 e. The summed E-state index contributed by atoms with van der Waals surface area (Å²) in [5, 5.41) is 23.5. The summed E-state index contributed by atoms with van der Waals surface area (Å²) in [7, 11) is -4.92. The molecule has 2 aromatic rings. The average Bonchev–Trinajstić information content (AvgIpc) is 2.47. The quantitative estimate of drug-likeness (QED) is 0.375. The third-order valence-corrected chi connectivity index (χ3v) is 4.41. The number of nitrogens with zero attached hydrogens (tertiary/aromatic N) is 2. The number of aryl methyl sites for hydroxylation is 1. The van der Waals surface area contributed by atoms with Crippen molar-refractivity contribution in [1.82, 2.24) is 0 Å². The van der Waals surface area contributed by atoms with Gasteiger partial charge in [0, 0.05) is 0 Å². The molecule has 0 saturated heterocycles. The van der Waals surface area contributed by atoms with E-state index in [0.717, 1.165) is 24.3 Å². The van der Waals surface area contributed by atoms with Gasteiger partial charge in [-0.05, 0) is 31.2 Å². The van der Waals surface area contributed by atoms with Gasteiger partial charge in [0.05, 0.1) is 0 Å². The van der Waals surface area contributed by atoms with Gasteiger partial charge in [0.1, 0.15) is 25.9 Å². The molecule has 0 fully saturated rings. The highest BCUT2D eigenvalue weighted by Gasteiger charge is 2.62. The Morgan fingerprint density at radius 2 is 1.54 bits per heavy atom.